The molecule has 0 spiro atoms. The third kappa shape index (κ3) is 3.03. The Bertz CT molecular complexity index is 1130. The maximum atomic E-state index is 14.1. The molecule has 1 saturated carbocycles. The quantitative estimate of drug-likeness (QED) is 0.664. The Morgan fingerprint density at radius 2 is 2.11 bits per heavy atom. The second-order valence-electron chi connectivity index (χ2n) is 7.56. The van der Waals surface area contributed by atoms with Crippen LogP contribution in [0.3, 0.4) is 0 Å². The molecule has 5 nitrogen and oxygen atoms in total. The Balaban J connectivity index is 1.43. The summed E-state index contributed by atoms with van der Waals surface area (Å²) >= 11 is 1.59. The van der Waals surface area contributed by atoms with E-state index >= 15 is 0 Å². The van der Waals surface area contributed by atoms with E-state index < -0.39 is 0 Å². The van der Waals surface area contributed by atoms with Gasteiger partial charge in [0, 0.05) is 23.0 Å². The molecule has 0 saturated heterocycles. The lowest BCUT2D eigenvalue weighted by Gasteiger charge is -2.23. The van der Waals surface area contributed by atoms with E-state index in [2.05, 4.69) is 4.98 Å². The molecule has 0 unspecified atom stereocenters. The summed E-state index contributed by atoms with van der Waals surface area (Å²) in [5.74, 6) is -0.476. The minimum absolute atomic E-state index is 0.0582. The average Bonchev–Trinajstić information content (AvgIpc) is 3.31. The highest BCUT2D eigenvalue weighted by Gasteiger charge is 2.33. The highest BCUT2D eigenvalue weighted by Crippen LogP contribution is 2.34. The molecule has 0 aliphatic heterocycles. The maximum Gasteiger partial charge on any atom is 0.262 e. The lowest BCUT2D eigenvalue weighted by molar-refractivity contribution is -0.133. The van der Waals surface area contributed by atoms with Crippen LogP contribution in [0.25, 0.3) is 10.2 Å². The molecule has 0 N–H and O–H groups in total. The van der Waals surface area contributed by atoms with Gasteiger partial charge in [0.25, 0.3) is 5.56 Å². The number of thiophene rings is 1. The molecule has 0 radical (unpaired) electrons. The van der Waals surface area contributed by atoms with Crippen molar-refractivity contribution in [3.8, 4) is 0 Å². The molecule has 0 atom stereocenters. The van der Waals surface area contributed by atoms with Gasteiger partial charge in [0.2, 0.25) is 5.91 Å². The van der Waals surface area contributed by atoms with E-state index in [0.717, 1.165) is 42.5 Å². The lowest BCUT2D eigenvalue weighted by Crippen LogP contribution is -2.37. The van der Waals surface area contributed by atoms with Crippen LogP contribution in [0.15, 0.2) is 35.4 Å². The minimum Gasteiger partial charge on any atom is -0.334 e. The van der Waals surface area contributed by atoms with Crippen molar-refractivity contribution in [1.29, 1.82) is 0 Å². The van der Waals surface area contributed by atoms with Gasteiger partial charge in [-0.05, 0) is 43.7 Å². The highest BCUT2D eigenvalue weighted by molar-refractivity contribution is 7.18. The minimum atomic E-state index is -0.310. The van der Waals surface area contributed by atoms with Crippen molar-refractivity contribution in [2.75, 3.05) is 0 Å². The molecule has 5 rings (SSSR count). The van der Waals surface area contributed by atoms with Gasteiger partial charge in [-0.3, -0.25) is 14.2 Å². The summed E-state index contributed by atoms with van der Waals surface area (Å²) in [5.41, 5.74) is 1.48. The smallest absolute Gasteiger partial charge is 0.262 e. The summed E-state index contributed by atoms with van der Waals surface area (Å²) < 4.78 is 15.5. The van der Waals surface area contributed by atoms with Crippen LogP contribution in [0.1, 0.15) is 35.3 Å². The van der Waals surface area contributed by atoms with Crippen molar-refractivity contribution in [2.45, 2.75) is 51.2 Å². The number of carbonyl (C=O) groups excluding carboxylic acids is 1. The summed E-state index contributed by atoms with van der Waals surface area (Å²) in [6.07, 6.45) is 6.30. The predicted octanol–water partition coefficient (Wildman–Crippen LogP) is 3.28. The molecule has 0 bridgehead atoms. The summed E-state index contributed by atoms with van der Waals surface area (Å²) in [4.78, 5) is 34.1. The van der Waals surface area contributed by atoms with Gasteiger partial charge in [-0.2, -0.15) is 0 Å². The van der Waals surface area contributed by atoms with Crippen molar-refractivity contribution in [3.63, 3.8) is 0 Å². The standard InChI is InChI=1S/C21H20FN3O2S/c22-16-6-2-1-4-13(16)10-25(14-8-9-14)18(26)11-24-12-23-20-19(21(24)27)15-5-3-7-17(15)28-20/h1-2,4,6,12,14H,3,5,7-11H2. The van der Waals surface area contributed by atoms with E-state index in [-0.39, 0.29) is 36.4 Å². The van der Waals surface area contributed by atoms with E-state index in [9.17, 15) is 14.0 Å². The van der Waals surface area contributed by atoms with Gasteiger partial charge in [0.15, 0.2) is 0 Å². The van der Waals surface area contributed by atoms with Crippen LogP contribution in [0.4, 0.5) is 4.39 Å². The van der Waals surface area contributed by atoms with Gasteiger partial charge < -0.3 is 4.90 Å². The first-order valence-corrected chi connectivity index (χ1v) is 10.5. The fraction of sp³-hybridized carbons (Fsp3) is 0.381. The lowest BCUT2D eigenvalue weighted by atomic mass is 10.2. The number of rotatable bonds is 5. The zero-order valence-corrected chi connectivity index (χ0v) is 16.2. The van der Waals surface area contributed by atoms with Crippen molar-refractivity contribution in [1.82, 2.24) is 14.5 Å². The van der Waals surface area contributed by atoms with Gasteiger partial charge in [-0.25, -0.2) is 9.37 Å². The summed E-state index contributed by atoms with van der Waals surface area (Å²) in [6.45, 7) is 0.172. The number of fused-ring (bicyclic) bond motifs is 3. The van der Waals surface area contributed by atoms with E-state index in [1.807, 2.05) is 0 Å². The number of aryl methyl sites for hydroxylation is 2. The summed E-state index contributed by atoms with van der Waals surface area (Å²) in [6, 6.07) is 6.65. The number of aromatic nitrogens is 2. The molecule has 1 aromatic carbocycles. The Kier molecular flexibility index (Phi) is 4.27. The van der Waals surface area contributed by atoms with E-state index in [4.69, 9.17) is 0 Å². The van der Waals surface area contributed by atoms with E-state index in [1.165, 1.54) is 21.8 Å². The molecular weight excluding hydrogens is 377 g/mol. The molecule has 3 aromatic rings. The number of hydrogen-bond donors (Lipinski definition) is 0. The summed E-state index contributed by atoms with van der Waals surface area (Å²) in [7, 11) is 0. The topological polar surface area (TPSA) is 55.2 Å². The number of benzene rings is 1. The van der Waals surface area contributed by atoms with Crippen molar-refractivity contribution in [2.24, 2.45) is 0 Å². The molecule has 2 aliphatic carbocycles. The molecule has 1 fully saturated rings. The molecule has 28 heavy (non-hydrogen) atoms. The van der Waals surface area contributed by atoms with Crippen molar-refractivity contribution in [3.05, 3.63) is 62.8 Å². The zero-order chi connectivity index (χ0) is 19.3. The molecular formula is C21H20FN3O2S. The number of hydrogen-bond acceptors (Lipinski definition) is 4. The Labute approximate surface area is 165 Å². The number of nitrogens with zero attached hydrogens (tertiary/aromatic N) is 3. The van der Waals surface area contributed by atoms with Crippen molar-refractivity contribution >= 4 is 27.5 Å². The van der Waals surface area contributed by atoms with Gasteiger partial charge in [-0.1, -0.05) is 18.2 Å². The number of amides is 1. The van der Waals surface area contributed by atoms with Crippen LogP contribution in [0.5, 0.6) is 0 Å². The third-order valence-corrected chi connectivity index (χ3v) is 6.80. The molecule has 1 amide bonds. The normalized spacial score (nSPS) is 15.8. The first kappa shape index (κ1) is 17.6. The van der Waals surface area contributed by atoms with Gasteiger partial charge in [0.05, 0.1) is 11.7 Å². The Morgan fingerprint density at radius 1 is 1.29 bits per heavy atom. The monoisotopic (exact) mass is 397 g/mol. The molecule has 2 heterocycles. The van der Waals surface area contributed by atoms with Crippen LogP contribution in [-0.2, 0) is 30.7 Å². The Morgan fingerprint density at radius 3 is 2.89 bits per heavy atom. The molecule has 144 valence electrons. The molecule has 7 heteroatoms. The second kappa shape index (κ2) is 6.81. The van der Waals surface area contributed by atoms with Crippen LogP contribution in [0.2, 0.25) is 0 Å². The second-order valence-corrected chi connectivity index (χ2v) is 8.64. The van der Waals surface area contributed by atoms with Crippen LogP contribution in [0, 0.1) is 5.82 Å². The number of halogens is 1. The molecule has 2 aliphatic rings. The maximum absolute atomic E-state index is 14.1. The fourth-order valence-corrected chi connectivity index (χ4v) is 5.21. The van der Waals surface area contributed by atoms with Gasteiger partial charge >= 0.3 is 0 Å². The zero-order valence-electron chi connectivity index (χ0n) is 15.4. The largest absolute Gasteiger partial charge is 0.334 e. The molecule has 2 aromatic heterocycles. The first-order chi connectivity index (χ1) is 13.6. The van der Waals surface area contributed by atoms with Crippen LogP contribution >= 0.6 is 11.3 Å². The van der Waals surface area contributed by atoms with E-state index in [0.29, 0.717) is 10.9 Å². The highest BCUT2D eigenvalue weighted by atomic mass is 32.1. The number of carbonyl (C=O) groups is 1. The van der Waals surface area contributed by atoms with Crippen molar-refractivity contribution < 1.29 is 9.18 Å². The van der Waals surface area contributed by atoms with Gasteiger partial charge in [0.1, 0.15) is 17.2 Å². The Hall–Kier alpha value is -2.54. The average molecular weight is 397 g/mol. The summed E-state index contributed by atoms with van der Waals surface area (Å²) in [5, 5.41) is 0.680. The van der Waals surface area contributed by atoms with Crippen LogP contribution in [-0.4, -0.2) is 26.4 Å². The van der Waals surface area contributed by atoms with E-state index in [1.54, 1.807) is 34.4 Å². The SMILES string of the molecule is O=C(Cn1cnc2sc3c(c2c1=O)CCC3)N(Cc1ccccc1F)C1CC1. The predicted molar refractivity (Wildman–Crippen MR) is 106 cm³/mol. The third-order valence-electron chi connectivity index (χ3n) is 5.60. The first-order valence-electron chi connectivity index (χ1n) is 9.64. The van der Waals surface area contributed by atoms with Crippen LogP contribution < -0.4 is 5.56 Å². The van der Waals surface area contributed by atoms with Gasteiger partial charge in [-0.15, -0.1) is 11.3 Å². The fourth-order valence-electron chi connectivity index (χ4n) is 3.99.